The number of nitrogens with two attached hydrogens (primary N) is 1. The molecule has 1 atom stereocenters. The molecule has 0 amide bonds. The van der Waals surface area contributed by atoms with Crippen molar-refractivity contribution in [3.05, 3.63) is 0 Å². The molecule has 7 heteroatoms. The molecule has 0 bridgehead atoms. The second kappa shape index (κ2) is 7.23. The molecule has 0 aliphatic rings. The number of esters is 1. The van der Waals surface area contributed by atoms with E-state index in [1.807, 2.05) is 0 Å². The van der Waals surface area contributed by atoms with E-state index in [0.717, 1.165) is 12.2 Å². The minimum absolute atomic E-state index is 0.189. The lowest BCUT2D eigenvalue weighted by molar-refractivity contribution is -0.146. The maximum Gasteiger partial charge on any atom is 0.325 e. The van der Waals surface area contributed by atoms with Crippen molar-refractivity contribution in [3.8, 4) is 0 Å². The summed E-state index contributed by atoms with van der Waals surface area (Å²) in [7, 11) is -1.56. The number of hydrogen-bond donors (Lipinski definition) is 1. The van der Waals surface area contributed by atoms with E-state index in [2.05, 4.69) is 4.74 Å². The third-order valence-electron chi connectivity index (χ3n) is 2.23. The fraction of sp³-hybridized carbons (Fsp3) is 0.900. The molecule has 0 saturated carbocycles. The Balaban J connectivity index is 3.68. The summed E-state index contributed by atoms with van der Waals surface area (Å²) < 4.78 is 26.3. The standard InChI is InChI=1S/C10H21NO4S2/c1-10(11,9(12)15-2)5-4-6-16-7-8-17(3,13)14/h4-8,11H2,1-3H3. The zero-order chi connectivity index (χ0) is 13.5. The van der Waals surface area contributed by atoms with Crippen LogP contribution >= 0.6 is 11.8 Å². The molecule has 0 aliphatic heterocycles. The third-order valence-corrected chi connectivity index (χ3v) is 4.51. The number of carbonyl (C=O) groups excluding carboxylic acids is 1. The Kier molecular flexibility index (Phi) is 7.11. The van der Waals surface area contributed by atoms with Crippen molar-refractivity contribution < 1.29 is 17.9 Å². The molecule has 0 fully saturated rings. The molecule has 17 heavy (non-hydrogen) atoms. The van der Waals surface area contributed by atoms with E-state index in [4.69, 9.17) is 5.73 Å². The van der Waals surface area contributed by atoms with Crippen molar-refractivity contribution in [2.45, 2.75) is 25.3 Å². The van der Waals surface area contributed by atoms with Crippen LogP contribution in [0.15, 0.2) is 0 Å². The lowest BCUT2D eigenvalue weighted by atomic mass is 9.98. The smallest absolute Gasteiger partial charge is 0.325 e. The van der Waals surface area contributed by atoms with E-state index in [9.17, 15) is 13.2 Å². The van der Waals surface area contributed by atoms with E-state index >= 15 is 0 Å². The molecule has 0 spiro atoms. The van der Waals surface area contributed by atoms with Gasteiger partial charge in [0, 0.05) is 12.0 Å². The summed E-state index contributed by atoms with van der Waals surface area (Å²) in [5.41, 5.74) is 4.82. The summed E-state index contributed by atoms with van der Waals surface area (Å²) in [6.45, 7) is 1.64. The van der Waals surface area contributed by atoms with Gasteiger partial charge in [-0.3, -0.25) is 4.79 Å². The van der Waals surface area contributed by atoms with E-state index in [-0.39, 0.29) is 5.75 Å². The Labute approximate surface area is 107 Å². The van der Waals surface area contributed by atoms with Crippen LogP contribution in [0, 0.1) is 0 Å². The number of sulfone groups is 1. The second-order valence-electron chi connectivity index (χ2n) is 4.25. The molecular weight excluding hydrogens is 262 g/mol. The molecular formula is C10H21NO4S2. The minimum Gasteiger partial charge on any atom is -0.468 e. The van der Waals surface area contributed by atoms with Crippen molar-refractivity contribution >= 4 is 27.6 Å². The molecule has 0 heterocycles. The lowest BCUT2D eigenvalue weighted by Crippen LogP contribution is -2.45. The second-order valence-corrected chi connectivity index (χ2v) is 7.74. The summed E-state index contributed by atoms with van der Waals surface area (Å²) >= 11 is 1.55. The Morgan fingerprint density at radius 2 is 2.00 bits per heavy atom. The fourth-order valence-corrected chi connectivity index (χ4v) is 3.42. The normalized spacial score (nSPS) is 15.3. The average molecular weight is 283 g/mol. The van der Waals surface area contributed by atoms with Gasteiger partial charge >= 0.3 is 5.97 Å². The first kappa shape index (κ1) is 16.7. The number of rotatable bonds is 8. The van der Waals surface area contributed by atoms with Gasteiger partial charge in [0.15, 0.2) is 0 Å². The van der Waals surface area contributed by atoms with Gasteiger partial charge in [-0.25, -0.2) is 8.42 Å². The zero-order valence-corrected chi connectivity index (χ0v) is 12.2. The molecule has 0 aromatic carbocycles. The van der Waals surface area contributed by atoms with Crippen LogP contribution in [-0.4, -0.2) is 50.6 Å². The van der Waals surface area contributed by atoms with Gasteiger partial charge in [-0.05, 0) is 25.5 Å². The predicted octanol–water partition coefficient (Wildman–Crippen LogP) is 0.435. The van der Waals surface area contributed by atoms with Gasteiger partial charge in [0.05, 0.1) is 12.9 Å². The van der Waals surface area contributed by atoms with Crippen molar-refractivity contribution in [3.63, 3.8) is 0 Å². The Bertz CT molecular complexity index is 338. The number of hydrogen-bond acceptors (Lipinski definition) is 6. The molecule has 5 nitrogen and oxygen atoms in total. The summed E-state index contributed by atoms with van der Waals surface area (Å²) in [6.07, 6.45) is 2.52. The Morgan fingerprint density at radius 1 is 1.41 bits per heavy atom. The van der Waals surface area contributed by atoms with E-state index in [1.54, 1.807) is 18.7 Å². The van der Waals surface area contributed by atoms with Gasteiger partial charge in [0.2, 0.25) is 0 Å². The van der Waals surface area contributed by atoms with Gasteiger partial charge in [-0.15, -0.1) is 0 Å². The number of ether oxygens (including phenoxy) is 1. The van der Waals surface area contributed by atoms with Gasteiger partial charge in [0.25, 0.3) is 0 Å². The highest BCUT2D eigenvalue weighted by atomic mass is 32.2. The quantitative estimate of drug-likeness (QED) is 0.513. The van der Waals surface area contributed by atoms with Crippen LogP contribution in [0.4, 0.5) is 0 Å². The summed E-state index contributed by atoms with van der Waals surface area (Å²) in [5.74, 6) is 1.14. The van der Waals surface area contributed by atoms with Gasteiger partial charge < -0.3 is 10.5 Å². The molecule has 102 valence electrons. The molecule has 0 rings (SSSR count). The van der Waals surface area contributed by atoms with E-state index < -0.39 is 21.3 Å². The van der Waals surface area contributed by atoms with Gasteiger partial charge in [-0.2, -0.15) is 11.8 Å². The third kappa shape index (κ3) is 8.45. The van der Waals surface area contributed by atoms with Crippen LogP contribution in [0.5, 0.6) is 0 Å². The SMILES string of the molecule is COC(=O)C(C)(N)CCCSCCS(C)(=O)=O. The number of carbonyl (C=O) groups is 1. The predicted molar refractivity (Wildman–Crippen MR) is 70.9 cm³/mol. The molecule has 0 aromatic rings. The summed E-state index contributed by atoms with van der Waals surface area (Å²) in [5, 5.41) is 0. The van der Waals surface area contributed by atoms with Crippen LogP contribution in [-0.2, 0) is 19.4 Å². The van der Waals surface area contributed by atoms with Crippen LogP contribution < -0.4 is 5.73 Å². The van der Waals surface area contributed by atoms with Crippen LogP contribution in [0.2, 0.25) is 0 Å². The van der Waals surface area contributed by atoms with Crippen molar-refractivity contribution in [2.75, 3.05) is 30.6 Å². The van der Waals surface area contributed by atoms with Crippen molar-refractivity contribution in [1.82, 2.24) is 0 Å². The van der Waals surface area contributed by atoms with Crippen molar-refractivity contribution in [1.29, 1.82) is 0 Å². The summed E-state index contributed by atoms with van der Waals surface area (Å²) in [4.78, 5) is 11.3. The average Bonchev–Trinajstić information content (AvgIpc) is 2.20. The van der Waals surface area contributed by atoms with E-state index in [0.29, 0.717) is 12.2 Å². The van der Waals surface area contributed by atoms with E-state index in [1.165, 1.54) is 13.4 Å². The zero-order valence-electron chi connectivity index (χ0n) is 10.6. The number of methoxy groups -OCH3 is 1. The first-order valence-electron chi connectivity index (χ1n) is 5.32. The first-order valence-corrected chi connectivity index (χ1v) is 8.53. The van der Waals surface area contributed by atoms with Gasteiger partial charge in [-0.1, -0.05) is 0 Å². The highest BCUT2D eigenvalue weighted by Gasteiger charge is 2.28. The molecule has 0 saturated heterocycles. The molecule has 0 radical (unpaired) electrons. The van der Waals surface area contributed by atoms with Crippen LogP contribution in [0.1, 0.15) is 19.8 Å². The van der Waals surface area contributed by atoms with Gasteiger partial charge in [0.1, 0.15) is 15.4 Å². The van der Waals surface area contributed by atoms with Crippen molar-refractivity contribution in [2.24, 2.45) is 5.73 Å². The van der Waals surface area contributed by atoms with Crippen LogP contribution in [0.25, 0.3) is 0 Å². The lowest BCUT2D eigenvalue weighted by Gasteiger charge is -2.20. The topological polar surface area (TPSA) is 86.5 Å². The molecule has 1 unspecified atom stereocenters. The molecule has 0 aromatic heterocycles. The monoisotopic (exact) mass is 283 g/mol. The highest BCUT2D eigenvalue weighted by molar-refractivity contribution is 8.00. The highest BCUT2D eigenvalue weighted by Crippen LogP contribution is 2.14. The summed E-state index contributed by atoms with van der Waals surface area (Å²) in [6, 6.07) is 0. The van der Waals surface area contributed by atoms with Crippen LogP contribution in [0.3, 0.4) is 0 Å². The fourth-order valence-electron chi connectivity index (χ4n) is 1.19. The first-order chi connectivity index (χ1) is 7.69. The largest absolute Gasteiger partial charge is 0.468 e. The minimum atomic E-state index is -2.88. The molecule has 0 aliphatic carbocycles. The number of thioether (sulfide) groups is 1. The Morgan fingerprint density at radius 3 is 2.47 bits per heavy atom. The molecule has 2 N–H and O–H groups in total. The Hall–Kier alpha value is -0.270. The maximum absolute atomic E-state index is 11.3. The maximum atomic E-state index is 11.3.